The topological polar surface area (TPSA) is 77.8 Å². The zero-order chi connectivity index (χ0) is 18.2. The Kier molecular flexibility index (Phi) is 6.04. The van der Waals surface area contributed by atoms with Gasteiger partial charge in [-0.1, -0.05) is 42.1 Å². The Hall–Kier alpha value is -3.08. The molecule has 0 fully saturated rings. The van der Waals surface area contributed by atoms with Crippen molar-refractivity contribution in [1.82, 2.24) is 4.98 Å². The zero-order valence-corrected chi connectivity index (χ0v) is 15.2. The minimum atomic E-state index is -0.474. The molecule has 1 aromatic heterocycles. The Labute approximate surface area is 159 Å². The molecule has 3 aromatic rings. The number of anilines is 2. The molecule has 2 aromatic carbocycles. The van der Waals surface area contributed by atoms with Crippen LogP contribution >= 0.6 is 23.1 Å². The van der Waals surface area contributed by atoms with Crippen LogP contribution in [0.1, 0.15) is 0 Å². The highest BCUT2D eigenvalue weighted by atomic mass is 32.2. The van der Waals surface area contributed by atoms with Crippen molar-refractivity contribution >= 4 is 39.8 Å². The van der Waals surface area contributed by atoms with Gasteiger partial charge >= 0.3 is 0 Å². The number of thiazole rings is 1. The number of nitrogens with one attached hydrogen (secondary N) is 2. The predicted molar refractivity (Wildman–Crippen MR) is 105 cm³/mol. The molecule has 1 amide bonds. The lowest BCUT2D eigenvalue weighted by Gasteiger charge is -2.10. The molecule has 0 aliphatic rings. The Balaban J connectivity index is 1.74. The SMILES string of the molecule is N#C/C(=C/Nc1nccs1)C(=O)Nc1ccccc1Sc1ccccc1. The van der Waals surface area contributed by atoms with Crippen molar-refractivity contribution in [2.24, 2.45) is 0 Å². The molecule has 0 saturated heterocycles. The van der Waals surface area contributed by atoms with Crippen molar-refractivity contribution in [2.45, 2.75) is 9.79 Å². The number of para-hydroxylation sites is 1. The maximum absolute atomic E-state index is 12.4. The molecule has 26 heavy (non-hydrogen) atoms. The summed E-state index contributed by atoms with van der Waals surface area (Å²) >= 11 is 2.93. The van der Waals surface area contributed by atoms with Gasteiger partial charge in [-0.3, -0.25) is 4.79 Å². The van der Waals surface area contributed by atoms with Crippen LogP contribution < -0.4 is 10.6 Å². The highest BCUT2D eigenvalue weighted by Gasteiger charge is 2.12. The molecule has 128 valence electrons. The number of nitriles is 1. The number of hydrogen-bond donors (Lipinski definition) is 2. The van der Waals surface area contributed by atoms with Gasteiger partial charge in [0.05, 0.1) is 5.69 Å². The summed E-state index contributed by atoms with van der Waals surface area (Å²) in [5, 5.41) is 17.3. The number of carbonyl (C=O) groups is 1. The van der Waals surface area contributed by atoms with Gasteiger partial charge < -0.3 is 10.6 Å². The molecule has 0 bridgehead atoms. The standard InChI is InChI=1S/C19H14N4OS2/c20-12-14(13-22-19-21-10-11-25-19)18(24)23-16-8-4-5-9-17(16)26-15-6-2-1-3-7-15/h1-11,13H,(H,21,22)(H,23,24)/b14-13-. The van der Waals surface area contributed by atoms with E-state index in [1.54, 1.807) is 23.3 Å². The molecule has 0 aliphatic carbocycles. The van der Waals surface area contributed by atoms with E-state index in [2.05, 4.69) is 15.6 Å². The molecule has 5 nitrogen and oxygen atoms in total. The first-order chi connectivity index (χ1) is 12.8. The van der Waals surface area contributed by atoms with E-state index in [9.17, 15) is 10.1 Å². The van der Waals surface area contributed by atoms with Gasteiger partial charge in [-0.05, 0) is 24.3 Å². The number of rotatable bonds is 6. The van der Waals surface area contributed by atoms with E-state index >= 15 is 0 Å². The molecular formula is C19H14N4OS2. The van der Waals surface area contributed by atoms with Crippen LogP contribution in [0.4, 0.5) is 10.8 Å². The third kappa shape index (κ3) is 4.72. The number of hydrogen-bond acceptors (Lipinski definition) is 6. The van der Waals surface area contributed by atoms with E-state index in [0.29, 0.717) is 10.8 Å². The minimum absolute atomic E-state index is 0.0280. The first kappa shape index (κ1) is 17.7. The molecule has 0 saturated carbocycles. The minimum Gasteiger partial charge on any atom is -0.337 e. The summed E-state index contributed by atoms with van der Waals surface area (Å²) in [6, 6.07) is 19.3. The van der Waals surface area contributed by atoms with Gasteiger partial charge in [0.15, 0.2) is 5.13 Å². The van der Waals surface area contributed by atoms with Crippen molar-refractivity contribution in [2.75, 3.05) is 10.6 Å². The number of nitrogens with zero attached hydrogens (tertiary/aromatic N) is 2. The second-order valence-corrected chi connectivity index (χ2v) is 7.03. The van der Waals surface area contributed by atoms with Crippen LogP contribution in [0.3, 0.4) is 0 Å². The summed E-state index contributed by atoms with van der Waals surface area (Å²) in [6.45, 7) is 0. The fraction of sp³-hybridized carbons (Fsp3) is 0. The number of carbonyl (C=O) groups excluding carboxylic acids is 1. The lowest BCUT2D eigenvalue weighted by atomic mass is 10.2. The van der Waals surface area contributed by atoms with Crippen LogP contribution in [0.2, 0.25) is 0 Å². The molecule has 2 N–H and O–H groups in total. The summed E-state index contributed by atoms with van der Waals surface area (Å²) in [5.41, 5.74) is 0.626. The van der Waals surface area contributed by atoms with E-state index in [-0.39, 0.29) is 5.57 Å². The maximum Gasteiger partial charge on any atom is 0.267 e. The monoisotopic (exact) mass is 378 g/mol. The Morgan fingerprint density at radius 3 is 2.65 bits per heavy atom. The number of amides is 1. The van der Waals surface area contributed by atoms with E-state index < -0.39 is 5.91 Å². The third-order valence-corrected chi connectivity index (χ3v) is 5.03. The summed E-state index contributed by atoms with van der Waals surface area (Å²) < 4.78 is 0. The summed E-state index contributed by atoms with van der Waals surface area (Å²) in [7, 11) is 0. The number of benzene rings is 2. The van der Waals surface area contributed by atoms with Crippen molar-refractivity contribution in [3.63, 3.8) is 0 Å². The van der Waals surface area contributed by atoms with Crippen LogP contribution in [-0.2, 0) is 4.79 Å². The zero-order valence-electron chi connectivity index (χ0n) is 13.5. The van der Waals surface area contributed by atoms with Crippen molar-refractivity contribution in [3.05, 3.63) is 77.9 Å². The van der Waals surface area contributed by atoms with Crippen molar-refractivity contribution in [1.29, 1.82) is 5.26 Å². The summed E-state index contributed by atoms with van der Waals surface area (Å²) in [5.74, 6) is -0.474. The maximum atomic E-state index is 12.4. The van der Waals surface area contributed by atoms with Gasteiger partial charge in [0.1, 0.15) is 11.6 Å². The molecule has 0 unspecified atom stereocenters. The van der Waals surface area contributed by atoms with Crippen LogP contribution in [-0.4, -0.2) is 10.9 Å². The molecule has 1 heterocycles. The molecule has 3 rings (SSSR count). The van der Waals surface area contributed by atoms with Crippen LogP contribution in [0, 0.1) is 11.3 Å². The van der Waals surface area contributed by atoms with Gasteiger partial charge in [-0.15, -0.1) is 11.3 Å². The van der Waals surface area contributed by atoms with Gasteiger partial charge in [-0.2, -0.15) is 5.26 Å². The fourth-order valence-corrected chi connectivity index (χ4v) is 3.46. The van der Waals surface area contributed by atoms with Crippen LogP contribution in [0.5, 0.6) is 0 Å². The Bertz CT molecular complexity index is 947. The van der Waals surface area contributed by atoms with Crippen molar-refractivity contribution in [3.8, 4) is 6.07 Å². The summed E-state index contributed by atoms with van der Waals surface area (Å²) in [4.78, 5) is 18.5. The highest BCUT2D eigenvalue weighted by Crippen LogP contribution is 2.33. The first-order valence-electron chi connectivity index (χ1n) is 7.66. The normalized spacial score (nSPS) is 10.8. The fourth-order valence-electron chi connectivity index (χ4n) is 2.04. The smallest absolute Gasteiger partial charge is 0.267 e. The first-order valence-corrected chi connectivity index (χ1v) is 9.35. The quantitative estimate of drug-likeness (QED) is 0.478. The molecule has 0 spiro atoms. The van der Waals surface area contributed by atoms with E-state index in [0.717, 1.165) is 9.79 Å². The van der Waals surface area contributed by atoms with E-state index in [1.165, 1.54) is 17.5 Å². The molecule has 7 heteroatoms. The van der Waals surface area contributed by atoms with Gasteiger partial charge in [0.25, 0.3) is 5.91 Å². The number of aromatic nitrogens is 1. The lowest BCUT2D eigenvalue weighted by molar-refractivity contribution is -0.112. The van der Waals surface area contributed by atoms with Gasteiger partial charge in [-0.25, -0.2) is 4.98 Å². The van der Waals surface area contributed by atoms with Crippen molar-refractivity contribution < 1.29 is 4.79 Å². The average Bonchev–Trinajstić information content (AvgIpc) is 3.18. The van der Waals surface area contributed by atoms with Crippen LogP contribution in [0.15, 0.2) is 87.7 Å². The third-order valence-electron chi connectivity index (χ3n) is 3.24. The molecule has 0 atom stereocenters. The average molecular weight is 378 g/mol. The molecular weight excluding hydrogens is 364 g/mol. The molecule has 0 radical (unpaired) electrons. The largest absolute Gasteiger partial charge is 0.337 e. The highest BCUT2D eigenvalue weighted by molar-refractivity contribution is 7.99. The van der Waals surface area contributed by atoms with Gasteiger partial charge in [0, 0.05) is 27.6 Å². The van der Waals surface area contributed by atoms with E-state index in [4.69, 9.17) is 0 Å². The Morgan fingerprint density at radius 1 is 1.15 bits per heavy atom. The molecule has 0 aliphatic heterocycles. The second kappa shape index (κ2) is 8.85. The second-order valence-electron chi connectivity index (χ2n) is 5.02. The van der Waals surface area contributed by atoms with Gasteiger partial charge in [0.2, 0.25) is 0 Å². The predicted octanol–water partition coefficient (Wildman–Crippen LogP) is 4.75. The summed E-state index contributed by atoms with van der Waals surface area (Å²) in [6.07, 6.45) is 3.01. The van der Waals surface area contributed by atoms with E-state index in [1.807, 2.05) is 60.7 Å². The lowest BCUT2D eigenvalue weighted by Crippen LogP contribution is -2.15. The Morgan fingerprint density at radius 2 is 1.92 bits per heavy atom. The van der Waals surface area contributed by atoms with Crippen LogP contribution in [0.25, 0.3) is 0 Å².